The summed E-state index contributed by atoms with van der Waals surface area (Å²) >= 11 is 0. The minimum atomic E-state index is -0.347. The van der Waals surface area contributed by atoms with Crippen LogP contribution in [0.5, 0.6) is 0 Å². The largest absolute Gasteiger partial charge is 1.00 e. The first-order valence-electron chi connectivity index (χ1n) is 9.02. The van der Waals surface area contributed by atoms with Gasteiger partial charge in [-0.25, -0.2) is 4.48 Å². The summed E-state index contributed by atoms with van der Waals surface area (Å²) < 4.78 is 0.464. The molecule has 3 heteroatoms. The number of fused-ring (bicyclic) bond motifs is 1. The minimum absolute atomic E-state index is 0. The van der Waals surface area contributed by atoms with Crippen LogP contribution in [-0.2, 0) is 10.2 Å². The zero-order valence-electron chi connectivity index (χ0n) is 15.6. The van der Waals surface area contributed by atoms with Crippen molar-refractivity contribution in [1.82, 2.24) is 4.48 Å². The number of carbonyl (C=O) groups is 1. The number of hydrogen-bond donors (Lipinski definition) is 0. The third kappa shape index (κ3) is 2.99. The summed E-state index contributed by atoms with van der Waals surface area (Å²) in [5.74, 6) is 0. The molecule has 1 aliphatic rings. The van der Waals surface area contributed by atoms with Gasteiger partial charge in [-0.05, 0) is 37.1 Å². The minimum Gasteiger partial charge on any atom is -1.00 e. The molecule has 0 saturated heterocycles. The number of allylic oxidation sites excluding steroid dienone is 2. The third-order valence-electron chi connectivity index (χ3n) is 5.69. The van der Waals surface area contributed by atoms with Gasteiger partial charge in [-0.2, -0.15) is 0 Å². The van der Waals surface area contributed by atoms with Crippen LogP contribution in [0.4, 0.5) is 11.4 Å². The number of benzene rings is 2. The van der Waals surface area contributed by atoms with Crippen molar-refractivity contribution in [2.45, 2.75) is 24.3 Å². The van der Waals surface area contributed by atoms with Gasteiger partial charge in [-0.1, -0.05) is 55.1 Å². The Hall–Kier alpha value is -2.42. The molecule has 2 atom stereocenters. The van der Waals surface area contributed by atoms with E-state index < -0.39 is 0 Å². The van der Waals surface area contributed by atoms with E-state index in [1.165, 1.54) is 11.3 Å². The van der Waals surface area contributed by atoms with Crippen LogP contribution in [0, 0.1) is 0 Å². The number of nitrogens with zero attached hydrogens (tertiary/aromatic N) is 1. The van der Waals surface area contributed by atoms with Gasteiger partial charge in [-0.15, -0.1) is 13.2 Å². The summed E-state index contributed by atoms with van der Waals surface area (Å²) in [6.07, 6.45) is 8.35. The van der Waals surface area contributed by atoms with E-state index in [-0.39, 0.29) is 23.9 Å². The van der Waals surface area contributed by atoms with Crippen LogP contribution >= 0.6 is 0 Å². The Morgan fingerprint density at radius 3 is 2.04 bits per heavy atom. The van der Waals surface area contributed by atoms with Crippen molar-refractivity contribution in [1.29, 1.82) is 0 Å². The van der Waals surface area contributed by atoms with Crippen LogP contribution in [-0.4, -0.2) is 18.9 Å². The predicted octanol–water partition coefficient (Wildman–Crippen LogP) is 2.49. The van der Waals surface area contributed by atoms with Gasteiger partial charge in [0.25, 0.3) is 0 Å². The number of rotatable bonds is 8. The molecule has 0 aliphatic carbocycles. The maximum atomic E-state index is 12.6. The molecule has 0 aromatic heterocycles. The fourth-order valence-corrected chi connectivity index (χ4v) is 4.78. The first kappa shape index (κ1) is 20.9. The summed E-state index contributed by atoms with van der Waals surface area (Å²) in [5, 5.41) is 0. The third-order valence-corrected chi connectivity index (χ3v) is 5.69. The van der Waals surface area contributed by atoms with Gasteiger partial charge in [-0.3, -0.25) is 4.79 Å². The Labute approximate surface area is 168 Å². The topological polar surface area (TPSA) is 17.1 Å². The van der Waals surface area contributed by atoms with Crippen molar-refractivity contribution >= 4 is 17.7 Å². The number of para-hydroxylation sites is 2. The summed E-state index contributed by atoms with van der Waals surface area (Å²) in [5.41, 5.74) is 3.13. The smallest absolute Gasteiger partial charge is 0.179 e. The first-order chi connectivity index (χ1) is 12.7. The molecule has 1 aliphatic heterocycles. The van der Waals surface area contributed by atoms with Crippen molar-refractivity contribution in [3.05, 3.63) is 98.1 Å². The van der Waals surface area contributed by atoms with E-state index in [4.69, 9.17) is 0 Å². The number of carbonyl (C=O) groups excluding carboxylic acids is 1. The molecule has 2 nitrogen and oxygen atoms in total. The highest BCUT2D eigenvalue weighted by molar-refractivity contribution is 5.81. The van der Waals surface area contributed by atoms with Crippen LogP contribution in [0.15, 0.2) is 92.6 Å². The van der Waals surface area contributed by atoms with Crippen molar-refractivity contribution in [3.8, 4) is 0 Å². The highest BCUT2D eigenvalue weighted by Crippen LogP contribution is 2.57. The Balaban J connectivity index is 0.00000261. The number of aldehydes is 1. The molecule has 0 amide bonds. The molecular formula is C24H26ClNO. The molecule has 0 radical (unpaired) electrons. The van der Waals surface area contributed by atoms with Gasteiger partial charge in [0.1, 0.15) is 17.9 Å². The van der Waals surface area contributed by atoms with Crippen molar-refractivity contribution < 1.29 is 17.2 Å². The number of quaternary nitrogens is 1. The average Bonchev–Trinajstić information content (AvgIpc) is 2.90. The lowest BCUT2D eigenvalue weighted by Crippen LogP contribution is -3.00. The van der Waals surface area contributed by atoms with Gasteiger partial charge in [0.05, 0.1) is 5.41 Å². The lowest BCUT2D eigenvalue weighted by molar-refractivity contribution is -0.112. The second kappa shape index (κ2) is 8.51. The first-order valence-corrected chi connectivity index (χ1v) is 9.02. The van der Waals surface area contributed by atoms with Crippen molar-refractivity contribution in [2.75, 3.05) is 6.54 Å². The second-order valence-corrected chi connectivity index (χ2v) is 6.92. The SMILES string of the molecule is C=CCC1(CC=C)c2ccccc2[N+](CC=C)(c2ccccc2)C1C=O.[Cl-]. The molecule has 1 heterocycles. The number of halogens is 1. The normalized spacial score (nSPS) is 22.1. The second-order valence-electron chi connectivity index (χ2n) is 6.92. The zero-order valence-corrected chi connectivity index (χ0v) is 16.3. The Morgan fingerprint density at radius 1 is 0.889 bits per heavy atom. The fourth-order valence-electron chi connectivity index (χ4n) is 4.78. The standard InChI is InChI=1S/C24H26NO.ClH/c1-4-16-24(17-5-2)21-14-10-11-15-22(21)25(18-6-3,23(24)19-26)20-12-8-7-9-13-20;/h4-15,19,23H,1-3,16-18H2;1H/q+1;/p-1. The summed E-state index contributed by atoms with van der Waals surface area (Å²) in [7, 11) is 0. The summed E-state index contributed by atoms with van der Waals surface area (Å²) in [6, 6.07) is 18.4. The molecule has 2 aromatic rings. The molecule has 2 unspecified atom stereocenters. The van der Waals surface area contributed by atoms with Crippen LogP contribution in [0.25, 0.3) is 0 Å². The van der Waals surface area contributed by atoms with Crippen LogP contribution in [0.2, 0.25) is 0 Å². The summed E-state index contributed by atoms with van der Waals surface area (Å²) in [6.45, 7) is 12.6. The van der Waals surface area contributed by atoms with Crippen LogP contribution in [0.1, 0.15) is 18.4 Å². The highest BCUT2D eigenvalue weighted by atomic mass is 35.5. The molecule has 0 N–H and O–H groups in total. The lowest BCUT2D eigenvalue weighted by Gasteiger charge is -2.41. The van der Waals surface area contributed by atoms with E-state index in [0.717, 1.165) is 24.8 Å². The van der Waals surface area contributed by atoms with E-state index in [0.29, 0.717) is 11.0 Å². The van der Waals surface area contributed by atoms with Gasteiger partial charge >= 0.3 is 0 Å². The number of hydrogen-bond acceptors (Lipinski definition) is 1. The zero-order chi connectivity index (χ0) is 18.6. The van der Waals surface area contributed by atoms with E-state index in [1.54, 1.807) is 0 Å². The fraction of sp³-hybridized carbons (Fsp3) is 0.208. The molecule has 0 spiro atoms. The molecule has 3 rings (SSSR count). The average molecular weight is 380 g/mol. The highest BCUT2D eigenvalue weighted by Gasteiger charge is 2.61. The van der Waals surface area contributed by atoms with E-state index in [9.17, 15) is 4.79 Å². The van der Waals surface area contributed by atoms with E-state index >= 15 is 0 Å². The molecule has 0 fully saturated rings. The Bertz CT molecular complexity index is 819. The molecule has 0 bridgehead atoms. The van der Waals surface area contributed by atoms with E-state index in [1.807, 2.05) is 36.4 Å². The maximum Gasteiger partial charge on any atom is 0.179 e. The predicted molar refractivity (Wildman–Crippen MR) is 111 cm³/mol. The molecular weight excluding hydrogens is 354 g/mol. The summed E-state index contributed by atoms with van der Waals surface area (Å²) in [4.78, 5) is 12.6. The Kier molecular flexibility index (Phi) is 6.59. The monoisotopic (exact) mass is 379 g/mol. The molecule has 27 heavy (non-hydrogen) atoms. The Morgan fingerprint density at radius 2 is 1.48 bits per heavy atom. The quantitative estimate of drug-likeness (QED) is 0.391. The lowest BCUT2D eigenvalue weighted by atomic mass is 9.71. The molecule has 0 saturated carbocycles. The molecule has 2 aromatic carbocycles. The van der Waals surface area contributed by atoms with E-state index in [2.05, 4.69) is 56.1 Å². The van der Waals surface area contributed by atoms with Gasteiger partial charge in [0, 0.05) is 5.56 Å². The molecule has 140 valence electrons. The van der Waals surface area contributed by atoms with Gasteiger partial charge < -0.3 is 12.4 Å². The van der Waals surface area contributed by atoms with Crippen LogP contribution < -0.4 is 16.9 Å². The van der Waals surface area contributed by atoms with Crippen LogP contribution in [0.3, 0.4) is 0 Å². The van der Waals surface area contributed by atoms with Gasteiger partial charge in [0.2, 0.25) is 0 Å². The van der Waals surface area contributed by atoms with Gasteiger partial charge in [0.15, 0.2) is 12.3 Å². The van der Waals surface area contributed by atoms with Crippen molar-refractivity contribution in [2.24, 2.45) is 0 Å². The van der Waals surface area contributed by atoms with Crippen molar-refractivity contribution in [3.63, 3.8) is 0 Å². The maximum absolute atomic E-state index is 12.6.